The molecule has 3 heteroatoms. The number of hydrogen-bond acceptors (Lipinski definition) is 1. The summed E-state index contributed by atoms with van der Waals surface area (Å²) in [5.41, 5.74) is 0.664. The Labute approximate surface area is 145 Å². The highest BCUT2D eigenvalue weighted by atomic mass is 35.5. The molecule has 0 aromatic carbocycles. The fraction of sp³-hybridized carbons (Fsp3) is 0.842. The SMILES string of the molecule is CC(C)(C)C1=C[C@]2(C(C)(C)C)[C@@H](C(=O)C2(Cl)Cl)[C@@H]1C(C)(C)C. The maximum atomic E-state index is 12.8. The second-order valence-electron chi connectivity index (χ2n) is 10.2. The van der Waals surface area contributed by atoms with Gasteiger partial charge in [-0.15, -0.1) is 0 Å². The summed E-state index contributed by atoms with van der Waals surface area (Å²) in [5, 5.41) is 0. The molecular formula is C19H30Cl2O. The van der Waals surface area contributed by atoms with Gasteiger partial charge in [-0.25, -0.2) is 0 Å². The minimum atomic E-state index is -1.31. The fourth-order valence-electron chi connectivity index (χ4n) is 4.64. The van der Waals surface area contributed by atoms with Crippen LogP contribution in [0.15, 0.2) is 11.6 Å². The van der Waals surface area contributed by atoms with Gasteiger partial charge in [-0.2, -0.15) is 0 Å². The standard InChI is InChI=1S/C19H30Cl2O/c1-15(2,3)11-10-18(17(7,8)9)13(12(11)16(4,5)6)14(22)19(18,20)21/h10,12-13H,1-9H3/t12-,13-,18-/m1/s1. The smallest absolute Gasteiger partial charge is 0.186 e. The summed E-state index contributed by atoms with van der Waals surface area (Å²) in [4.78, 5) is 12.8. The minimum absolute atomic E-state index is 0.00110. The van der Waals surface area contributed by atoms with Crippen LogP contribution >= 0.6 is 23.2 Å². The molecule has 0 N–H and O–H groups in total. The molecule has 0 amide bonds. The molecule has 0 saturated heterocycles. The van der Waals surface area contributed by atoms with E-state index in [4.69, 9.17) is 23.2 Å². The largest absolute Gasteiger partial charge is 0.296 e. The Kier molecular flexibility index (Phi) is 3.78. The Morgan fingerprint density at radius 3 is 1.73 bits per heavy atom. The van der Waals surface area contributed by atoms with E-state index in [1.165, 1.54) is 5.57 Å². The topological polar surface area (TPSA) is 17.1 Å². The lowest BCUT2D eigenvalue weighted by molar-refractivity contribution is -0.155. The average molecular weight is 345 g/mol. The number of allylic oxidation sites excluding steroid dienone is 2. The molecule has 0 radical (unpaired) electrons. The number of Topliss-reactive ketones (excluding diaryl/α,β-unsaturated/α-hetero) is 1. The number of rotatable bonds is 0. The molecular weight excluding hydrogens is 315 g/mol. The molecule has 2 aliphatic rings. The zero-order chi connectivity index (χ0) is 17.5. The van der Waals surface area contributed by atoms with Crippen molar-refractivity contribution < 1.29 is 4.79 Å². The van der Waals surface area contributed by atoms with Gasteiger partial charge in [0, 0.05) is 11.3 Å². The van der Waals surface area contributed by atoms with E-state index >= 15 is 0 Å². The van der Waals surface area contributed by atoms with Crippen LogP contribution in [0, 0.1) is 33.5 Å². The number of fused-ring (bicyclic) bond motifs is 1. The molecule has 0 bridgehead atoms. The van der Waals surface area contributed by atoms with E-state index in [9.17, 15) is 4.79 Å². The summed E-state index contributed by atoms with van der Waals surface area (Å²) in [6, 6.07) is 0. The van der Waals surface area contributed by atoms with Crippen LogP contribution in [0.4, 0.5) is 0 Å². The zero-order valence-corrected chi connectivity index (χ0v) is 16.9. The minimum Gasteiger partial charge on any atom is -0.296 e. The highest BCUT2D eigenvalue weighted by Crippen LogP contribution is 2.75. The van der Waals surface area contributed by atoms with Crippen LogP contribution in [0.1, 0.15) is 62.3 Å². The normalized spacial score (nSPS) is 35.0. The van der Waals surface area contributed by atoms with Crippen LogP contribution in [0.2, 0.25) is 0 Å². The summed E-state index contributed by atoms with van der Waals surface area (Å²) in [7, 11) is 0. The highest BCUT2D eigenvalue weighted by Gasteiger charge is 2.79. The Balaban J connectivity index is 2.75. The molecule has 126 valence electrons. The van der Waals surface area contributed by atoms with Gasteiger partial charge in [0.1, 0.15) is 0 Å². The number of alkyl halides is 2. The Bertz CT molecular complexity index is 537. The number of carbonyl (C=O) groups is 1. The molecule has 2 rings (SSSR count). The van der Waals surface area contributed by atoms with Crippen molar-refractivity contribution in [2.24, 2.45) is 33.5 Å². The Hall–Kier alpha value is -0.0100. The number of halogens is 2. The van der Waals surface area contributed by atoms with Gasteiger partial charge in [-0.3, -0.25) is 4.79 Å². The van der Waals surface area contributed by atoms with Gasteiger partial charge < -0.3 is 0 Å². The first-order chi connectivity index (χ1) is 9.49. The van der Waals surface area contributed by atoms with Crippen LogP contribution < -0.4 is 0 Å². The van der Waals surface area contributed by atoms with Gasteiger partial charge in [-0.1, -0.05) is 97.2 Å². The molecule has 0 aliphatic heterocycles. The zero-order valence-electron chi connectivity index (χ0n) is 15.4. The van der Waals surface area contributed by atoms with E-state index in [0.717, 1.165) is 0 Å². The van der Waals surface area contributed by atoms with Crippen LogP contribution in [-0.4, -0.2) is 10.1 Å². The maximum Gasteiger partial charge on any atom is 0.186 e. The van der Waals surface area contributed by atoms with E-state index in [1.54, 1.807) is 0 Å². The Morgan fingerprint density at radius 1 is 0.955 bits per heavy atom. The first-order valence-electron chi connectivity index (χ1n) is 8.15. The lowest BCUT2D eigenvalue weighted by Crippen LogP contribution is -2.70. The van der Waals surface area contributed by atoms with Crippen molar-refractivity contribution in [3.8, 4) is 0 Å². The van der Waals surface area contributed by atoms with Crippen molar-refractivity contribution in [3.05, 3.63) is 11.6 Å². The first-order valence-corrected chi connectivity index (χ1v) is 8.90. The van der Waals surface area contributed by atoms with E-state index in [0.29, 0.717) is 0 Å². The van der Waals surface area contributed by atoms with Crippen molar-refractivity contribution in [1.82, 2.24) is 0 Å². The second-order valence-corrected chi connectivity index (χ2v) is 11.6. The number of ketones is 1. The predicted octanol–water partition coefficient (Wildman–Crippen LogP) is 6.04. The van der Waals surface area contributed by atoms with Gasteiger partial charge in [0.2, 0.25) is 0 Å². The van der Waals surface area contributed by atoms with Crippen molar-refractivity contribution in [2.75, 3.05) is 0 Å². The van der Waals surface area contributed by atoms with E-state index < -0.39 is 9.75 Å². The van der Waals surface area contributed by atoms with Crippen molar-refractivity contribution in [2.45, 2.75) is 66.6 Å². The third-order valence-corrected chi connectivity index (χ3v) is 6.69. The first kappa shape index (κ1) is 18.3. The third-order valence-electron chi connectivity index (χ3n) is 5.69. The summed E-state index contributed by atoms with van der Waals surface area (Å²) in [5.74, 6) is 0.0720. The molecule has 2 aliphatic carbocycles. The summed E-state index contributed by atoms with van der Waals surface area (Å²) in [6.45, 7) is 19.7. The summed E-state index contributed by atoms with van der Waals surface area (Å²) < 4.78 is -1.31. The number of carbonyl (C=O) groups excluding carboxylic acids is 1. The van der Waals surface area contributed by atoms with Gasteiger partial charge in [0.25, 0.3) is 0 Å². The molecule has 0 unspecified atom stereocenters. The molecule has 3 atom stereocenters. The lowest BCUT2D eigenvalue weighted by atomic mass is 9.46. The Morgan fingerprint density at radius 2 is 1.41 bits per heavy atom. The van der Waals surface area contributed by atoms with Crippen LogP contribution in [0.25, 0.3) is 0 Å². The van der Waals surface area contributed by atoms with Gasteiger partial charge in [-0.05, 0) is 22.2 Å². The van der Waals surface area contributed by atoms with E-state index in [2.05, 4.69) is 68.4 Å². The lowest BCUT2D eigenvalue weighted by Gasteiger charge is -2.61. The molecule has 0 aromatic rings. The molecule has 1 saturated carbocycles. The van der Waals surface area contributed by atoms with Crippen molar-refractivity contribution in [3.63, 3.8) is 0 Å². The van der Waals surface area contributed by atoms with Crippen LogP contribution in [0.5, 0.6) is 0 Å². The van der Waals surface area contributed by atoms with E-state index in [1.807, 2.05) is 0 Å². The summed E-state index contributed by atoms with van der Waals surface area (Å²) in [6.07, 6.45) is 2.27. The highest BCUT2D eigenvalue weighted by molar-refractivity contribution is 6.61. The summed E-state index contributed by atoms with van der Waals surface area (Å²) >= 11 is 13.2. The third kappa shape index (κ3) is 2.07. The molecule has 0 aromatic heterocycles. The monoisotopic (exact) mass is 344 g/mol. The van der Waals surface area contributed by atoms with Crippen molar-refractivity contribution >= 4 is 29.0 Å². The molecule has 22 heavy (non-hydrogen) atoms. The van der Waals surface area contributed by atoms with Gasteiger partial charge in [0.15, 0.2) is 10.1 Å². The predicted molar refractivity (Wildman–Crippen MR) is 95.3 cm³/mol. The molecule has 1 nitrogen and oxygen atoms in total. The molecule has 0 spiro atoms. The second kappa shape index (κ2) is 4.54. The molecule has 0 heterocycles. The quantitative estimate of drug-likeness (QED) is 0.386. The van der Waals surface area contributed by atoms with Gasteiger partial charge >= 0.3 is 0 Å². The average Bonchev–Trinajstić information content (AvgIpc) is 2.61. The number of hydrogen-bond donors (Lipinski definition) is 0. The van der Waals surface area contributed by atoms with Crippen LogP contribution in [-0.2, 0) is 4.79 Å². The fourth-order valence-corrected chi connectivity index (χ4v) is 5.78. The van der Waals surface area contributed by atoms with Gasteiger partial charge in [0.05, 0.1) is 0 Å². The van der Waals surface area contributed by atoms with Crippen molar-refractivity contribution in [1.29, 1.82) is 0 Å². The molecule has 1 fully saturated rings. The maximum absolute atomic E-state index is 12.8. The van der Waals surface area contributed by atoms with Crippen LogP contribution in [0.3, 0.4) is 0 Å². The van der Waals surface area contributed by atoms with E-state index in [-0.39, 0.29) is 33.9 Å².